The van der Waals surface area contributed by atoms with Gasteiger partial charge in [0, 0.05) is 37.5 Å². The lowest BCUT2D eigenvalue weighted by molar-refractivity contribution is -0.120. The Hall–Kier alpha value is -2.40. The molecule has 0 radical (unpaired) electrons. The van der Waals surface area contributed by atoms with Gasteiger partial charge in [-0.05, 0) is 54.0 Å². The number of carbonyl (C=O) groups excluding carboxylic acids is 1. The Kier molecular flexibility index (Phi) is 9.80. The maximum absolute atomic E-state index is 13.7. The molecule has 204 valence electrons. The molecule has 37 heavy (non-hydrogen) atoms. The number of sulfonamides is 1. The Morgan fingerprint density at radius 2 is 1.78 bits per heavy atom. The van der Waals surface area contributed by atoms with Crippen LogP contribution in [0.3, 0.4) is 0 Å². The van der Waals surface area contributed by atoms with Crippen LogP contribution in [0.2, 0.25) is 0 Å². The van der Waals surface area contributed by atoms with Gasteiger partial charge in [-0.15, -0.1) is 0 Å². The highest BCUT2D eigenvalue weighted by atomic mass is 32.2. The van der Waals surface area contributed by atoms with Crippen LogP contribution in [0.25, 0.3) is 0 Å². The highest BCUT2D eigenvalue weighted by Gasteiger charge is 2.37. The molecular weight excluding hydrogens is 500 g/mol. The number of halogens is 2. The second-order valence-electron chi connectivity index (χ2n) is 10.4. The summed E-state index contributed by atoms with van der Waals surface area (Å²) >= 11 is 0. The third-order valence-corrected chi connectivity index (χ3v) is 7.53. The summed E-state index contributed by atoms with van der Waals surface area (Å²) < 4.78 is 53.9. The first-order chi connectivity index (χ1) is 17.3. The van der Waals surface area contributed by atoms with Crippen molar-refractivity contribution in [3.05, 3.63) is 70.8 Å². The van der Waals surface area contributed by atoms with Crippen LogP contribution >= 0.6 is 0 Å². The van der Waals surface area contributed by atoms with E-state index >= 15 is 0 Å². The monoisotopic (exact) mass is 537 g/mol. The summed E-state index contributed by atoms with van der Waals surface area (Å²) in [5, 5.41) is 17.0. The van der Waals surface area contributed by atoms with E-state index < -0.39 is 33.8 Å². The van der Waals surface area contributed by atoms with Gasteiger partial charge in [-0.25, -0.2) is 21.9 Å². The predicted octanol–water partition coefficient (Wildman–Crippen LogP) is 2.95. The van der Waals surface area contributed by atoms with E-state index in [1.54, 1.807) is 0 Å². The summed E-state index contributed by atoms with van der Waals surface area (Å²) in [6.45, 7) is 5.63. The molecule has 5 atom stereocenters. The SMILES string of the molecule is CC(=O)NC(Cc1cc(F)cc(F)c1)C(O)CNC1CC(NS(C)(=O)=O)CC1c1cccc(C(C)C)c1. The van der Waals surface area contributed by atoms with E-state index in [4.69, 9.17) is 0 Å². The third kappa shape index (κ3) is 8.84. The van der Waals surface area contributed by atoms with Gasteiger partial charge in [0.25, 0.3) is 0 Å². The van der Waals surface area contributed by atoms with Gasteiger partial charge in [-0.1, -0.05) is 38.1 Å². The van der Waals surface area contributed by atoms with Crippen molar-refractivity contribution in [3.8, 4) is 0 Å². The molecule has 0 spiro atoms. The van der Waals surface area contributed by atoms with Crippen LogP contribution in [-0.2, 0) is 21.2 Å². The Morgan fingerprint density at radius 1 is 1.11 bits per heavy atom. The van der Waals surface area contributed by atoms with E-state index in [0.717, 1.165) is 17.9 Å². The van der Waals surface area contributed by atoms with E-state index in [0.29, 0.717) is 24.3 Å². The molecule has 0 aliphatic heterocycles. The predicted molar refractivity (Wildman–Crippen MR) is 140 cm³/mol. The van der Waals surface area contributed by atoms with Crippen LogP contribution < -0.4 is 15.4 Å². The number of rotatable bonds is 11. The highest BCUT2D eigenvalue weighted by Crippen LogP contribution is 2.36. The molecule has 7 nitrogen and oxygen atoms in total. The highest BCUT2D eigenvalue weighted by molar-refractivity contribution is 7.88. The van der Waals surface area contributed by atoms with E-state index in [-0.39, 0.29) is 36.9 Å². The molecule has 1 aliphatic rings. The smallest absolute Gasteiger partial charge is 0.217 e. The summed E-state index contributed by atoms with van der Waals surface area (Å²) in [5.41, 5.74) is 2.59. The number of benzene rings is 2. The molecule has 2 aromatic rings. The molecule has 10 heteroatoms. The summed E-state index contributed by atoms with van der Waals surface area (Å²) in [6, 6.07) is 10.2. The number of nitrogens with one attached hydrogen (secondary N) is 3. The van der Waals surface area contributed by atoms with E-state index in [1.165, 1.54) is 24.6 Å². The second kappa shape index (κ2) is 12.4. The quantitative estimate of drug-likeness (QED) is 0.353. The first kappa shape index (κ1) is 29.2. The molecule has 2 aromatic carbocycles. The lowest BCUT2D eigenvalue weighted by atomic mass is 9.90. The fourth-order valence-electron chi connectivity index (χ4n) is 5.12. The zero-order valence-electron chi connectivity index (χ0n) is 21.7. The van der Waals surface area contributed by atoms with Crippen LogP contribution in [0.15, 0.2) is 42.5 Å². The standard InChI is InChI=1S/C27H37F2N3O4S/c1-16(2)19-6-5-7-20(11-19)24-13-23(32-37(4,35)36)14-25(24)30-15-27(34)26(31-17(3)33)10-18-8-21(28)12-22(29)9-18/h5-9,11-12,16,23-27,30,32,34H,10,13-15H2,1-4H3,(H,31,33). The molecule has 1 amide bonds. The average Bonchev–Trinajstić information content (AvgIpc) is 3.17. The van der Waals surface area contributed by atoms with Gasteiger partial charge >= 0.3 is 0 Å². The normalized spacial score (nSPS) is 21.7. The minimum Gasteiger partial charge on any atom is -0.390 e. The van der Waals surface area contributed by atoms with Crippen molar-refractivity contribution in [2.24, 2.45) is 0 Å². The van der Waals surface area contributed by atoms with Gasteiger partial charge < -0.3 is 15.7 Å². The van der Waals surface area contributed by atoms with Crippen molar-refractivity contribution in [2.45, 2.75) is 76.1 Å². The van der Waals surface area contributed by atoms with Crippen LogP contribution in [0.5, 0.6) is 0 Å². The third-order valence-electron chi connectivity index (χ3n) is 6.77. The van der Waals surface area contributed by atoms with E-state index in [1.807, 2.05) is 12.1 Å². The fraction of sp³-hybridized carbons (Fsp3) is 0.519. The maximum atomic E-state index is 13.7. The Balaban J connectivity index is 1.77. The molecule has 5 unspecified atom stereocenters. The molecule has 1 saturated carbocycles. The van der Waals surface area contributed by atoms with Crippen molar-refractivity contribution in [2.75, 3.05) is 12.8 Å². The maximum Gasteiger partial charge on any atom is 0.217 e. The van der Waals surface area contributed by atoms with Crippen molar-refractivity contribution in [3.63, 3.8) is 0 Å². The molecule has 4 N–H and O–H groups in total. The molecule has 1 fully saturated rings. The number of amides is 1. The van der Waals surface area contributed by atoms with Crippen molar-refractivity contribution < 1.29 is 27.1 Å². The van der Waals surface area contributed by atoms with Crippen LogP contribution in [0.4, 0.5) is 8.78 Å². The second-order valence-corrected chi connectivity index (χ2v) is 12.1. The number of hydrogen-bond donors (Lipinski definition) is 4. The van der Waals surface area contributed by atoms with Gasteiger partial charge in [0.05, 0.1) is 18.4 Å². The molecule has 0 bridgehead atoms. The lowest BCUT2D eigenvalue weighted by Crippen LogP contribution is -2.50. The zero-order chi connectivity index (χ0) is 27.3. The lowest BCUT2D eigenvalue weighted by Gasteiger charge is -2.28. The molecule has 0 heterocycles. The first-order valence-electron chi connectivity index (χ1n) is 12.5. The Labute approximate surface area is 218 Å². The molecule has 0 aromatic heterocycles. The van der Waals surface area contributed by atoms with Crippen LogP contribution in [-0.4, -0.2) is 56.5 Å². The zero-order valence-corrected chi connectivity index (χ0v) is 22.5. The van der Waals surface area contributed by atoms with Gasteiger partial charge in [0.2, 0.25) is 15.9 Å². The van der Waals surface area contributed by atoms with E-state index in [2.05, 4.69) is 41.3 Å². The minimum absolute atomic E-state index is 0.00156. The Bertz CT molecular complexity index is 1170. The number of carbonyl (C=O) groups is 1. The van der Waals surface area contributed by atoms with Gasteiger partial charge in [0.1, 0.15) is 11.6 Å². The van der Waals surface area contributed by atoms with Crippen LogP contribution in [0, 0.1) is 11.6 Å². The number of aliphatic hydroxyl groups is 1. The van der Waals surface area contributed by atoms with Crippen LogP contribution in [0.1, 0.15) is 62.1 Å². The summed E-state index contributed by atoms with van der Waals surface area (Å²) in [5.74, 6) is -1.49. The Morgan fingerprint density at radius 3 is 2.38 bits per heavy atom. The number of hydrogen-bond acceptors (Lipinski definition) is 5. The first-order valence-corrected chi connectivity index (χ1v) is 14.4. The summed E-state index contributed by atoms with van der Waals surface area (Å²) in [4.78, 5) is 11.8. The minimum atomic E-state index is -3.39. The van der Waals surface area contributed by atoms with E-state index in [9.17, 15) is 27.1 Å². The van der Waals surface area contributed by atoms with Crippen molar-refractivity contribution in [1.82, 2.24) is 15.4 Å². The van der Waals surface area contributed by atoms with Gasteiger partial charge in [0.15, 0.2) is 0 Å². The fourth-order valence-corrected chi connectivity index (χ4v) is 5.92. The average molecular weight is 538 g/mol. The molecule has 0 saturated heterocycles. The summed E-state index contributed by atoms with van der Waals surface area (Å²) in [7, 11) is -3.39. The molecular formula is C27H37F2N3O4S. The topological polar surface area (TPSA) is 108 Å². The van der Waals surface area contributed by atoms with Gasteiger partial charge in [-0.3, -0.25) is 4.79 Å². The van der Waals surface area contributed by atoms with Gasteiger partial charge in [-0.2, -0.15) is 0 Å². The largest absolute Gasteiger partial charge is 0.390 e. The summed E-state index contributed by atoms with van der Waals surface area (Å²) in [6.07, 6.45) is 1.25. The number of aliphatic hydroxyl groups excluding tert-OH is 1. The van der Waals surface area contributed by atoms with Crippen molar-refractivity contribution >= 4 is 15.9 Å². The molecule has 1 aliphatic carbocycles. The molecule has 3 rings (SSSR count). The van der Waals surface area contributed by atoms with Crippen molar-refractivity contribution in [1.29, 1.82) is 0 Å².